The molecule has 3 aromatic carbocycles. The Labute approximate surface area is 209 Å². The first kappa shape index (κ1) is 25.6. The predicted octanol–water partition coefficient (Wildman–Crippen LogP) is 4.75. The van der Waals surface area contributed by atoms with Gasteiger partial charge in [0.25, 0.3) is 0 Å². The number of anilines is 2. The van der Waals surface area contributed by atoms with Gasteiger partial charge in [0.05, 0.1) is 7.11 Å². The van der Waals surface area contributed by atoms with Gasteiger partial charge >= 0.3 is 12.1 Å². The van der Waals surface area contributed by atoms with Gasteiger partial charge in [0.2, 0.25) is 5.91 Å². The molecule has 0 radical (unpaired) electrons. The lowest BCUT2D eigenvalue weighted by Crippen LogP contribution is -2.50. The molecule has 1 atom stereocenters. The fourth-order valence-electron chi connectivity index (χ4n) is 3.31. The molecule has 4 amide bonds. The second-order valence-electron chi connectivity index (χ2n) is 7.75. The summed E-state index contributed by atoms with van der Waals surface area (Å²) in [5.74, 6) is -0.279. The molecule has 182 valence electrons. The van der Waals surface area contributed by atoms with Crippen LogP contribution in [0.25, 0.3) is 0 Å². The van der Waals surface area contributed by atoms with Crippen molar-refractivity contribution in [2.24, 2.45) is 0 Å². The van der Waals surface area contributed by atoms with E-state index in [-0.39, 0.29) is 5.91 Å². The summed E-state index contributed by atoms with van der Waals surface area (Å²) in [6.45, 7) is 1.96. The van der Waals surface area contributed by atoms with E-state index in [2.05, 4.69) is 20.1 Å². The molecule has 8 nitrogen and oxygen atoms in total. The lowest BCUT2D eigenvalue weighted by Gasteiger charge is -2.25. The van der Waals surface area contributed by atoms with E-state index in [1.807, 2.05) is 61.5 Å². The Morgan fingerprint density at radius 1 is 0.943 bits per heavy atom. The zero-order valence-corrected chi connectivity index (χ0v) is 20.6. The summed E-state index contributed by atoms with van der Waals surface area (Å²) >= 11 is 1.20. The van der Waals surface area contributed by atoms with Crippen LogP contribution >= 0.6 is 11.9 Å². The van der Waals surface area contributed by atoms with Crippen LogP contribution in [-0.2, 0) is 16.0 Å². The largest absolute Gasteiger partial charge is 0.453 e. The first-order valence-electron chi connectivity index (χ1n) is 10.9. The fraction of sp³-hybridized carbons (Fsp3) is 0.192. The van der Waals surface area contributed by atoms with Gasteiger partial charge in [0.1, 0.15) is 6.04 Å². The summed E-state index contributed by atoms with van der Waals surface area (Å²) in [5, 5.41) is 5.38. The molecule has 0 aliphatic carbocycles. The molecule has 0 aliphatic heterocycles. The number of aryl methyl sites for hydroxylation is 1. The summed E-state index contributed by atoms with van der Waals surface area (Å²) in [6.07, 6.45) is -0.252. The first-order valence-corrected chi connectivity index (χ1v) is 11.7. The highest BCUT2D eigenvalue weighted by molar-refractivity contribution is 7.98. The van der Waals surface area contributed by atoms with Gasteiger partial charge in [-0.2, -0.15) is 0 Å². The van der Waals surface area contributed by atoms with Gasteiger partial charge in [-0.25, -0.2) is 9.59 Å². The monoisotopic (exact) mass is 492 g/mol. The number of nitrogens with zero attached hydrogens (tertiary/aromatic N) is 1. The molecule has 3 N–H and O–H groups in total. The van der Waals surface area contributed by atoms with Gasteiger partial charge in [-0.15, -0.1) is 0 Å². The maximum Gasteiger partial charge on any atom is 0.411 e. The molecule has 3 rings (SSSR count). The number of rotatable bonds is 8. The van der Waals surface area contributed by atoms with E-state index in [1.165, 1.54) is 24.0 Å². The summed E-state index contributed by atoms with van der Waals surface area (Å²) in [5.41, 5.74) is 3.11. The molecule has 0 aromatic heterocycles. The summed E-state index contributed by atoms with van der Waals surface area (Å²) in [6, 6.07) is 22.7. The number of carbonyl (C=O) groups excluding carboxylic acids is 3. The van der Waals surface area contributed by atoms with Crippen LogP contribution in [0.4, 0.5) is 21.0 Å². The molecule has 0 aliphatic rings. The van der Waals surface area contributed by atoms with Crippen molar-refractivity contribution in [1.82, 2.24) is 10.0 Å². The Bertz CT molecular complexity index is 1160. The van der Waals surface area contributed by atoms with Crippen LogP contribution in [0.1, 0.15) is 11.1 Å². The van der Waals surface area contributed by atoms with Crippen molar-refractivity contribution in [3.8, 4) is 0 Å². The summed E-state index contributed by atoms with van der Waals surface area (Å²) in [4.78, 5) is 39.9. The van der Waals surface area contributed by atoms with E-state index >= 15 is 0 Å². The number of urea groups is 1. The summed E-state index contributed by atoms with van der Waals surface area (Å²) < 4.78 is 7.35. The number of amides is 4. The van der Waals surface area contributed by atoms with Crippen molar-refractivity contribution >= 4 is 41.4 Å². The molecule has 0 fully saturated rings. The van der Waals surface area contributed by atoms with E-state index in [0.29, 0.717) is 17.8 Å². The average molecular weight is 493 g/mol. The second-order valence-corrected chi connectivity index (χ2v) is 8.59. The lowest BCUT2D eigenvalue weighted by atomic mass is 10.0. The first-order chi connectivity index (χ1) is 16.9. The topological polar surface area (TPSA) is 99.8 Å². The number of methoxy groups -OCH3 is 1. The molecule has 9 heteroatoms. The average Bonchev–Trinajstić information content (AvgIpc) is 2.88. The highest BCUT2D eigenvalue weighted by atomic mass is 32.2. The normalized spacial score (nSPS) is 11.2. The standard InChI is InChI=1S/C26H28N4O4S/c1-18-9-7-8-12-23(18)35-29-25(32)28-22(17-19-10-5-4-6-11-19)24(31)30(2)21-15-13-20(14-16-21)27-26(33)34-3/h4-16,22H,17H2,1-3H3,(H,27,33)(H2,28,29,32). The van der Waals surface area contributed by atoms with E-state index in [9.17, 15) is 14.4 Å². The molecule has 0 spiro atoms. The van der Waals surface area contributed by atoms with Crippen molar-refractivity contribution in [2.75, 3.05) is 24.4 Å². The maximum atomic E-state index is 13.4. The third-order valence-corrected chi connectivity index (χ3v) is 6.22. The van der Waals surface area contributed by atoms with Crippen LogP contribution in [0.3, 0.4) is 0 Å². The van der Waals surface area contributed by atoms with E-state index in [0.717, 1.165) is 16.0 Å². The van der Waals surface area contributed by atoms with Gasteiger partial charge in [-0.05, 0) is 60.3 Å². The van der Waals surface area contributed by atoms with Crippen LogP contribution in [0.2, 0.25) is 0 Å². The SMILES string of the molecule is COC(=O)Nc1ccc(N(C)C(=O)C(Cc2ccccc2)NC(=O)NSc2ccccc2C)cc1. The van der Waals surface area contributed by atoms with Crippen molar-refractivity contribution in [3.05, 3.63) is 90.0 Å². The molecule has 3 aromatic rings. The molecule has 0 bridgehead atoms. The van der Waals surface area contributed by atoms with Crippen molar-refractivity contribution in [3.63, 3.8) is 0 Å². The maximum absolute atomic E-state index is 13.4. The minimum atomic E-state index is -0.798. The molecule has 0 saturated heterocycles. The minimum Gasteiger partial charge on any atom is -0.453 e. The van der Waals surface area contributed by atoms with Gasteiger partial charge < -0.3 is 15.0 Å². The molecule has 1 unspecified atom stereocenters. The highest BCUT2D eigenvalue weighted by Gasteiger charge is 2.25. The highest BCUT2D eigenvalue weighted by Crippen LogP contribution is 2.20. The smallest absolute Gasteiger partial charge is 0.411 e. The van der Waals surface area contributed by atoms with E-state index in [1.54, 1.807) is 31.3 Å². The number of hydrogen-bond acceptors (Lipinski definition) is 5. The molecule has 35 heavy (non-hydrogen) atoms. The van der Waals surface area contributed by atoms with Crippen molar-refractivity contribution < 1.29 is 19.1 Å². The number of nitrogens with one attached hydrogen (secondary N) is 3. The summed E-state index contributed by atoms with van der Waals surface area (Å²) in [7, 11) is 2.93. The van der Waals surface area contributed by atoms with E-state index < -0.39 is 18.2 Å². The van der Waals surface area contributed by atoms with Gasteiger partial charge in [-0.1, -0.05) is 48.5 Å². The van der Waals surface area contributed by atoms with Crippen LogP contribution < -0.4 is 20.3 Å². The zero-order valence-electron chi connectivity index (χ0n) is 19.8. The molecule has 0 saturated carbocycles. The molecular weight excluding hydrogens is 464 g/mol. The number of likely N-dealkylation sites (N-methyl/N-ethyl adjacent to an activating group) is 1. The number of hydrogen-bond donors (Lipinski definition) is 3. The van der Waals surface area contributed by atoms with Crippen LogP contribution in [0.15, 0.2) is 83.8 Å². The Morgan fingerprint density at radius 2 is 1.60 bits per heavy atom. The quantitative estimate of drug-likeness (QED) is 0.394. The number of ether oxygens (including phenoxy) is 1. The van der Waals surface area contributed by atoms with E-state index in [4.69, 9.17) is 0 Å². The zero-order chi connectivity index (χ0) is 25.2. The third kappa shape index (κ3) is 7.51. The third-order valence-electron chi connectivity index (χ3n) is 5.25. The second kappa shape index (κ2) is 12.5. The number of benzene rings is 3. The van der Waals surface area contributed by atoms with Crippen LogP contribution in [-0.4, -0.2) is 38.2 Å². The van der Waals surface area contributed by atoms with Gasteiger partial charge in [-0.3, -0.25) is 14.8 Å². The Hall–Kier alpha value is -3.98. The van der Waals surface area contributed by atoms with Gasteiger partial charge in [0, 0.05) is 29.7 Å². The van der Waals surface area contributed by atoms with Crippen molar-refractivity contribution in [2.45, 2.75) is 24.3 Å². The van der Waals surface area contributed by atoms with Crippen LogP contribution in [0, 0.1) is 6.92 Å². The molecule has 0 heterocycles. The Morgan fingerprint density at radius 3 is 2.26 bits per heavy atom. The lowest BCUT2D eigenvalue weighted by molar-refractivity contribution is -0.120. The van der Waals surface area contributed by atoms with Crippen LogP contribution in [0.5, 0.6) is 0 Å². The van der Waals surface area contributed by atoms with Gasteiger partial charge in [0.15, 0.2) is 0 Å². The Balaban J connectivity index is 1.71. The predicted molar refractivity (Wildman–Crippen MR) is 139 cm³/mol. The number of carbonyl (C=O) groups is 3. The van der Waals surface area contributed by atoms with Crippen molar-refractivity contribution in [1.29, 1.82) is 0 Å². The molecular formula is C26H28N4O4S. The minimum absolute atomic E-state index is 0.279. The fourth-order valence-corrected chi connectivity index (χ4v) is 3.95. The Kier molecular flexibility index (Phi) is 9.14.